The van der Waals surface area contributed by atoms with Crippen LogP contribution in [0.5, 0.6) is 121 Å². The van der Waals surface area contributed by atoms with Crippen molar-refractivity contribution in [3.63, 3.8) is 0 Å². The molecule has 0 unspecified atom stereocenters. The monoisotopic (exact) mass is 1590 g/mol. The Morgan fingerprint density at radius 2 is 0.280 bits per heavy atom. The minimum absolute atomic E-state index is 0.444. The van der Waals surface area contributed by atoms with E-state index in [1.165, 1.54) is 0 Å². The van der Waals surface area contributed by atoms with Gasteiger partial charge in [-0.3, -0.25) is 0 Å². The second kappa shape index (κ2) is 35.5. The van der Waals surface area contributed by atoms with Crippen LogP contribution >= 0.6 is 0 Å². The molecule has 118 heavy (non-hydrogen) atoms. The quantitative estimate of drug-likeness (QED) is 0.0340. The van der Waals surface area contributed by atoms with E-state index >= 15 is 0 Å². The minimum Gasteiger partial charge on any atom is -0.493 e. The van der Waals surface area contributed by atoms with Crippen LogP contribution in [0, 0.1) is 0 Å². The lowest BCUT2D eigenvalue weighted by Gasteiger charge is -2.26. The lowest BCUT2D eigenvalue weighted by molar-refractivity contribution is 0.288. The van der Waals surface area contributed by atoms with Crippen molar-refractivity contribution in [1.82, 2.24) is 0 Å². The number of anilines is 3. The predicted molar refractivity (Wildman–Crippen MR) is 472 cm³/mol. The van der Waals surface area contributed by atoms with E-state index < -0.39 is 0 Å². The molecule has 0 amide bonds. The molecule has 15 aromatic carbocycles. The SMILES string of the molecule is CCOc1cc2c3cc(OC)c(Oc4ccc(N(c5ccc(Oc6cc7c(cc6OC)c6cc(OCC)c(OCC)cc6c6cc(OCC)c(OCC)cc67)cc5)c5ccc(Oc6cc7c(cc6OC)c6cc(OCC)c(OCC)cc6c6cc(OCC)c(OCC)cc67)cc5)cc4)cc3c3cc(OCC)c(OCC)cc3c2cc1OCC. The van der Waals surface area contributed by atoms with E-state index in [0.717, 1.165) is 114 Å². The van der Waals surface area contributed by atoms with Crippen molar-refractivity contribution in [3.05, 3.63) is 182 Å². The highest BCUT2D eigenvalue weighted by molar-refractivity contribution is 6.29. The predicted octanol–water partition coefficient (Wildman–Crippen LogP) is 25.7. The Bertz CT molecular complexity index is 5630. The van der Waals surface area contributed by atoms with Crippen molar-refractivity contribution in [2.45, 2.75) is 83.1 Å². The van der Waals surface area contributed by atoms with Crippen molar-refractivity contribution in [1.29, 1.82) is 0 Å². The maximum atomic E-state index is 6.97. The van der Waals surface area contributed by atoms with Crippen LogP contribution in [0.4, 0.5) is 17.1 Å². The van der Waals surface area contributed by atoms with Gasteiger partial charge in [-0.15, -0.1) is 0 Å². The molecule has 15 aromatic rings. The Labute approximate surface area is 687 Å². The minimum atomic E-state index is 0.444. The van der Waals surface area contributed by atoms with E-state index in [4.69, 9.17) is 85.3 Å². The fraction of sp³-hybridized carbons (Fsp3) is 0.273. The second-order valence-electron chi connectivity index (χ2n) is 27.5. The summed E-state index contributed by atoms with van der Waals surface area (Å²) in [6.45, 7) is 29.0. The molecule has 0 fully saturated rings. The van der Waals surface area contributed by atoms with Gasteiger partial charge in [0.25, 0.3) is 0 Å². The Morgan fingerprint density at radius 1 is 0.161 bits per heavy atom. The Morgan fingerprint density at radius 3 is 0.398 bits per heavy atom. The molecule has 0 saturated carbocycles. The maximum Gasteiger partial charge on any atom is 0.169 e. The van der Waals surface area contributed by atoms with Gasteiger partial charge in [-0.1, -0.05) is 0 Å². The fourth-order valence-corrected chi connectivity index (χ4v) is 15.8. The normalized spacial score (nSPS) is 11.4. The van der Waals surface area contributed by atoms with Crippen molar-refractivity contribution in [3.8, 4) is 121 Å². The number of benzene rings is 15. The van der Waals surface area contributed by atoms with Gasteiger partial charge in [0.2, 0.25) is 0 Å². The Balaban J connectivity index is 0.839. The number of nitrogens with zero attached hydrogens (tertiary/aromatic N) is 1. The van der Waals surface area contributed by atoms with E-state index in [0.29, 0.717) is 200 Å². The molecular weight excluding hydrogens is 1490 g/mol. The summed E-state index contributed by atoms with van der Waals surface area (Å²) in [6.07, 6.45) is 0. The van der Waals surface area contributed by atoms with Crippen molar-refractivity contribution in [2.24, 2.45) is 0 Å². The van der Waals surface area contributed by atoms with E-state index in [-0.39, 0.29) is 0 Å². The molecule has 0 radical (unpaired) electrons. The van der Waals surface area contributed by atoms with Crippen molar-refractivity contribution >= 4 is 114 Å². The largest absolute Gasteiger partial charge is 0.493 e. The first kappa shape index (κ1) is 80.0. The first-order valence-corrected chi connectivity index (χ1v) is 40.7. The maximum absolute atomic E-state index is 6.97. The molecule has 608 valence electrons. The Hall–Kier alpha value is -13.2. The van der Waals surface area contributed by atoms with Gasteiger partial charge in [-0.25, -0.2) is 0 Å². The third kappa shape index (κ3) is 15.4. The van der Waals surface area contributed by atoms with Crippen LogP contribution in [-0.4, -0.2) is 101 Å². The number of rotatable bonds is 36. The summed E-state index contributed by atoms with van der Waals surface area (Å²) >= 11 is 0. The number of hydrogen-bond acceptors (Lipinski definition) is 19. The molecule has 15 rings (SSSR count). The average molecular weight is 1590 g/mol. The lowest BCUT2D eigenvalue weighted by atomic mass is 9.93. The summed E-state index contributed by atoms with van der Waals surface area (Å²) in [5, 5.41) is 16.7. The molecule has 19 nitrogen and oxygen atoms in total. The number of methoxy groups -OCH3 is 3. The molecule has 0 N–H and O–H groups in total. The summed E-state index contributed by atoms with van der Waals surface area (Å²) in [4.78, 5) is 2.16. The van der Waals surface area contributed by atoms with Gasteiger partial charge in [0.05, 0.1) is 101 Å². The smallest absolute Gasteiger partial charge is 0.169 e. The molecule has 0 bridgehead atoms. The van der Waals surface area contributed by atoms with Crippen molar-refractivity contribution < 1.29 is 85.3 Å². The van der Waals surface area contributed by atoms with Crippen molar-refractivity contribution in [2.75, 3.05) is 106 Å². The Kier molecular flexibility index (Phi) is 24.1. The standard InChI is InChI=1S/C99H99NO18/c1-16-104-85-43-67-64-40-82(101-13)97(55-79(64)76-52-94(113-25-10)91(110-22-7)49-73(76)70(67)46-88(85)107-19-4)116-61-34-28-58(29-35-61)100(59-30-36-62(37-31-59)117-98-56-80-65(41-83(98)102-14)68-44-86(105-17-2)89(108-20-5)47-71(68)74-50-92(111-23-8)95(114-26-11)53-77(74)80)60-32-38-63(39-33-60)118-99-57-81-66(42-84(99)103-15)69-45-87(106-18-3)90(109-21-6)48-72(69)75-51-93(112-24-9)96(115-27-12)54-78(75)81/h28-57H,16-27H2,1-15H3. The van der Waals surface area contributed by atoms with Gasteiger partial charge in [-0.2, -0.15) is 0 Å². The summed E-state index contributed by atoms with van der Waals surface area (Å²) in [7, 11) is 4.95. The molecule has 0 aliphatic carbocycles. The van der Waals surface area contributed by atoms with Crippen LogP contribution in [-0.2, 0) is 0 Å². The third-order valence-electron chi connectivity index (χ3n) is 20.6. The molecule has 0 aromatic heterocycles. The van der Waals surface area contributed by atoms with Gasteiger partial charge in [-0.05, 0) is 362 Å². The number of fused-ring (bicyclic) bond motifs is 18. The van der Waals surface area contributed by atoms with Crippen LogP contribution in [0.1, 0.15) is 83.1 Å². The summed E-state index contributed by atoms with van der Waals surface area (Å²) in [5.74, 6) is 12.4. The highest BCUT2D eigenvalue weighted by atomic mass is 16.6. The van der Waals surface area contributed by atoms with E-state index in [2.05, 4.69) is 77.7 Å². The molecule has 0 saturated heterocycles. The highest BCUT2D eigenvalue weighted by Gasteiger charge is 2.27. The zero-order chi connectivity index (χ0) is 82.3. The van der Waals surface area contributed by atoms with Gasteiger partial charge < -0.3 is 90.2 Å². The van der Waals surface area contributed by atoms with E-state index in [1.54, 1.807) is 21.3 Å². The first-order chi connectivity index (χ1) is 57.8. The van der Waals surface area contributed by atoms with Gasteiger partial charge in [0.15, 0.2) is 103 Å². The first-order valence-electron chi connectivity index (χ1n) is 40.7. The van der Waals surface area contributed by atoms with Crippen LogP contribution < -0.4 is 90.2 Å². The zero-order valence-electron chi connectivity index (χ0n) is 69.6. The van der Waals surface area contributed by atoms with Crippen LogP contribution in [0.3, 0.4) is 0 Å². The van der Waals surface area contributed by atoms with E-state index in [1.807, 2.05) is 192 Å². The summed E-state index contributed by atoms with van der Waals surface area (Å²) in [6, 6.07) is 60.7. The summed E-state index contributed by atoms with van der Waals surface area (Å²) in [5.41, 5.74) is 2.44. The second-order valence-corrected chi connectivity index (χ2v) is 27.5. The van der Waals surface area contributed by atoms with Gasteiger partial charge in [0.1, 0.15) is 17.2 Å². The summed E-state index contributed by atoms with van der Waals surface area (Å²) < 4.78 is 115. The third-order valence-corrected chi connectivity index (χ3v) is 20.6. The lowest BCUT2D eigenvalue weighted by Crippen LogP contribution is -2.09. The van der Waals surface area contributed by atoms with Crippen LogP contribution in [0.25, 0.3) is 97.0 Å². The highest BCUT2D eigenvalue weighted by Crippen LogP contribution is 2.53. The zero-order valence-corrected chi connectivity index (χ0v) is 69.6. The molecule has 0 heterocycles. The fourth-order valence-electron chi connectivity index (χ4n) is 15.8. The molecule has 0 spiro atoms. The van der Waals surface area contributed by atoms with Crippen LogP contribution in [0.2, 0.25) is 0 Å². The molecule has 0 aliphatic rings. The van der Waals surface area contributed by atoms with Gasteiger partial charge in [0, 0.05) is 17.1 Å². The van der Waals surface area contributed by atoms with Gasteiger partial charge >= 0.3 is 0 Å². The topological polar surface area (TPSA) is 169 Å². The average Bonchev–Trinajstić information content (AvgIpc) is 0.738. The number of ether oxygens (including phenoxy) is 18. The van der Waals surface area contributed by atoms with Crippen LogP contribution in [0.15, 0.2) is 182 Å². The molecule has 19 heteroatoms. The van der Waals surface area contributed by atoms with E-state index in [9.17, 15) is 0 Å². The number of hydrogen-bond donors (Lipinski definition) is 0. The molecule has 0 aliphatic heterocycles. The molecular formula is C99H99NO18. The molecule has 0 atom stereocenters.